The van der Waals surface area contributed by atoms with Crippen LogP contribution in [0.1, 0.15) is 23.7 Å². The van der Waals surface area contributed by atoms with E-state index in [9.17, 15) is 14.4 Å². The van der Waals surface area contributed by atoms with Gasteiger partial charge in [-0.15, -0.1) is 0 Å². The Balaban J connectivity index is 3.05. The zero-order valence-corrected chi connectivity index (χ0v) is 10.4. The number of carboxylic acid groups (broad SMARTS) is 1. The first-order valence-electron chi connectivity index (χ1n) is 5.64. The molecule has 0 bridgehead atoms. The molecule has 1 amide bonds. The average molecular weight is 252 g/mol. The molecule has 0 atom stereocenters. The van der Waals surface area contributed by atoms with Crippen LogP contribution in [-0.2, 0) is 11.8 Å². The molecule has 0 spiro atoms. The first-order chi connectivity index (χ1) is 8.47. The molecule has 0 aliphatic rings. The highest BCUT2D eigenvalue weighted by atomic mass is 16.4. The number of hydrogen-bond donors (Lipinski definition) is 1. The van der Waals surface area contributed by atoms with Crippen LogP contribution in [0.2, 0.25) is 0 Å². The van der Waals surface area contributed by atoms with Gasteiger partial charge in [-0.05, 0) is 18.6 Å². The van der Waals surface area contributed by atoms with E-state index in [1.807, 2.05) is 6.92 Å². The van der Waals surface area contributed by atoms with E-state index in [2.05, 4.69) is 0 Å². The van der Waals surface area contributed by atoms with E-state index in [1.165, 1.54) is 15.5 Å². The van der Waals surface area contributed by atoms with Crippen LogP contribution in [0.5, 0.6) is 0 Å². The third-order valence-electron chi connectivity index (χ3n) is 2.46. The van der Waals surface area contributed by atoms with Crippen LogP contribution in [0, 0.1) is 0 Å². The van der Waals surface area contributed by atoms with Gasteiger partial charge in [-0.1, -0.05) is 6.92 Å². The van der Waals surface area contributed by atoms with Gasteiger partial charge in [0.25, 0.3) is 11.5 Å². The lowest BCUT2D eigenvalue weighted by atomic mass is 10.2. The van der Waals surface area contributed by atoms with Crippen LogP contribution in [0.15, 0.2) is 23.1 Å². The topological polar surface area (TPSA) is 79.6 Å². The fraction of sp³-hybridized carbons (Fsp3) is 0.417. The average Bonchev–Trinajstić information content (AvgIpc) is 2.31. The third kappa shape index (κ3) is 3.19. The van der Waals surface area contributed by atoms with Crippen molar-refractivity contribution in [2.45, 2.75) is 13.3 Å². The minimum Gasteiger partial charge on any atom is -0.480 e. The molecule has 0 aliphatic carbocycles. The summed E-state index contributed by atoms with van der Waals surface area (Å²) in [5.74, 6) is -1.63. The standard InChI is InChI=1S/C12H16N2O4/c1-3-6-14(8-10(15)16)12(18)9-5-4-7-13(2)11(9)17/h4-5,7H,3,6,8H2,1-2H3,(H,15,16). The SMILES string of the molecule is CCCN(CC(=O)O)C(=O)c1cccn(C)c1=O. The van der Waals surface area contributed by atoms with Crippen molar-refractivity contribution in [2.75, 3.05) is 13.1 Å². The lowest BCUT2D eigenvalue weighted by molar-refractivity contribution is -0.137. The second-order valence-corrected chi connectivity index (χ2v) is 3.96. The van der Waals surface area contributed by atoms with E-state index in [4.69, 9.17) is 5.11 Å². The molecule has 6 nitrogen and oxygen atoms in total. The Morgan fingerprint density at radius 3 is 2.67 bits per heavy atom. The second kappa shape index (κ2) is 6.00. The van der Waals surface area contributed by atoms with Crippen LogP contribution < -0.4 is 5.56 Å². The van der Waals surface area contributed by atoms with Crippen LogP contribution in [0.3, 0.4) is 0 Å². The predicted molar refractivity (Wildman–Crippen MR) is 65.5 cm³/mol. The van der Waals surface area contributed by atoms with Crippen molar-refractivity contribution in [3.05, 3.63) is 34.2 Å². The number of carbonyl (C=O) groups excluding carboxylic acids is 1. The van der Waals surface area contributed by atoms with Gasteiger partial charge in [-0.25, -0.2) is 0 Å². The van der Waals surface area contributed by atoms with Crippen molar-refractivity contribution >= 4 is 11.9 Å². The maximum absolute atomic E-state index is 12.1. The lowest BCUT2D eigenvalue weighted by Crippen LogP contribution is -2.39. The Morgan fingerprint density at radius 1 is 1.44 bits per heavy atom. The summed E-state index contributed by atoms with van der Waals surface area (Å²) in [6, 6.07) is 2.99. The van der Waals surface area contributed by atoms with Crippen molar-refractivity contribution < 1.29 is 14.7 Å². The van der Waals surface area contributed by atoms with E-state index in [0.29, 0.717) is 13.0 Å². The monoisotopic (exact) mass is 252 g/mol. The van der Waals surface area contributed by atoms with Gasteiger partial charge < -0.3 is 14.6 Å². The number of carbonyl (C=O) groups is 2. The number of aryl methyl sites for hydroxylation is 1. The summed E-state index contributed by atoms with van der Waals surface area (Å²) in [7, 11) is 1.54. The van der Waals surface area contributed by atoms with E-state index in [1.54, 1.807) is 19.3 Å². The number of hydrogen-bond acceptors (Lipinski definition) is 3. The molecule has 0 saturated carbocycles. The zero-order valence-electron chi connectivity index (χ0n) is 10.4. The number of carboxylic acids is 1. The van der Waals surface area contributed by atoms with Crippen molar-refractivity contribution in [2.24, 2.45) is 7.05 Å². The van der Waals surface area contributed by atoms with Crippen LogP contribution in [-0.4, -0.2) is 39.5 Å². The zero-order chi connectivity index (χ0) is 13.7. The Morgan fingerprint density at radius 2 is 2.11 bits per heavy atom. The maximum Gasteiger partial charge on any atom is 0.323 e. The summed E-state index contributed by atoms with van der Waals surface area (Å²) in [6.07, 6.45) is 2.17. The van der Waals surface area contributed by atoms with E-state index >= 15 is 0 Å². The Hall–Kier alpha value is -2.11. The summed E-state index contributed by atoms with van der Waals surface area (Å²) in [4.78, 5) is 35.7. The molecular formula is C12H16N2O4. The van der Waals surface area contributed by atoms with Gasteiger partial charge in [-0.3, -0.25) is 14.4 Å². The molecule has 0 aliphatic heterocycles. The number of nitrogens with zero attached hydrogens (tertiary/aromatic N) is 2. The number of amides is 1. The molecule has 0 saturated heterocycles. The molecule has 1 rings (SSSR count). The molecule has 0 unspecified atom stereocenters. The smallest absolute Gasteiger partial charge is 0.323 e. The first kappa shape index (κ1) is 14.0. The fourth-order valence-electron chi connectivity index (χ4n) is 1.62. The first-order valence-corrected chi connectivity index (χ1v) is 5.64. The van der Waals surface area contributed by atoms with Crippen molar-refractivity contribution in [1.29, 1.82) is 0 Å². The van der Waals surface area contributed by atoms with Gasteiger partial charge in [0, 0.05) is 19.8 Å². The predicted octanol–water partition coefficient (Wildman–Crippen LogP) is 0.322. The molecular weight excluding hydrogens is 236 g/mol. The lowest BCUT2D eigenvalue weighted by Gasteiger charge is -2.19. The molecule has 1 heterocycles. The van der Waals surface area contributed by atoms with E-state index < -0.39 is 24.0 Å². The maximum atomic E-state index is 12.1. The minimum absolute atomic E-state index is 0.00491. The second-order valence-electron chi connectivity index (χ2n) is 3.96. The van der Waals surface area contributed by atoms with E-state index in [0.717, 1.165) is 0 Å². The quantitative estimate of drug-likeness (QED) is 0.818. The molecule has 98 valence electrons. The molecule has 6 heteroatoms. The summed E-state index contributed by atoms with van der Waals surface area (Å²) in [6.45, 7) is 1.75. The van der Waals surface area contributed by atoms with Gasteiger partial charge >= 0.3 is 5.97 Å². The molecule has 1 aromatic rings. The summed E-state index contributed by atoms with van der Waals surface area (Å²) in [5, 5.41) is 8.75. The highest BCUT2D eigenvalue weighted by molar-refractivity contribution is 5.95. The van der Waals surface area contributed by atoms with Crippen LogP contribution >= 0.6 is 0 Å². The Labute approximate surface area is 104 Å². The number of aliphatic carboxylic acids is 1. The van der Waals surface area contributed by atoms with Gasteiger partial charge in [0.1, 0.15) is 12.1 Å². The summed E-state index contributed by atoms with van der Waals surface area (Å²) >= 11 is 0. The fourth-order valence-corrected chi connectivity index (χ4v) is 1.62. The number of aromatic nitrogens is 1. The molecule has 0 fully saturated rings. The third-order valence-corrected chi connectivity index (χ3v) is 2.46. The van der Waals surface area contributed by atoms with Gasteiger partial charge in [-0.2, -0.15) is 0 Å². The molecule has 1 aromatic heterocycles. The van der Waals surface area contributed by atoms with Crippen LogP contribution in [0.25, 0.3) is 0 Å². The van der Waals surface area contributed by atoms with Crippen molar-refractivity contribution in [3.63, 3.8) is 0 Å². The number of rotatable bonds is 5. The Kier molecular flexibility index (Phi) is 4.65. The normalized spacial score (nSPS) is 10.1. The highest BCUT2D eigenvalue weighted by Crippen LogP contribution is 2.01. The van der Waals surface area contributed by atoms with Gasteiger partial charge in [0.15, 0.2) is 0 Å². The van der Waals surface area contributed by atoms with Crippen molar-refractivity contribution in [3.8, 4) is 0 Å². The largest absolute Gasteiger partial charge is 0.480 e. The Bertz CT molecular complexity index is 507. The highest BCUT2D eigenvalue weighted by Gasteiger charge is 2.20. The minimum atomic E-state index is -1.09. The van der Waals surface area contributed by atoms with Crippen molar-refractivity contribution in [1.82, 2.24) is 9.47 Å². The molecule has 18 heavy (non-hydrogen) atoms. The van der Waals surface area contributed by atoms with Gasteiger partial charge in [0.2, 0.25) is 0 Å². The van der Waals surface area contributed by atoms with E-state index in [-0.39, 0.29) is 5.56 Å². The van der Waals surface area contributed by atoms with Crippen LogP contribution in [0.4, 0.5) is 0 Å². The molecule has 0 radical (unpaired) electrons. The molecule has 0 aromatic carbocycles. The summed E-state index contributed by atoms with van der Waals surface area (Å²) < 4.78 is 1.29. The number of pyridine rings is 1. The summed E-state index contributed by atoms with van der Waals surface area (Å²) in [5.41, 5.74) is -0.427. The van der Waals surface area contributed by atoms with Gasteiger partial charge in [0.05, 0.1) is 0 Å². The molecule has 1 N–H and O–H groups in total.